The number of benzene rings is 2. The molecule has 0 bridgehead atoms. The van der Waals surface area contributed by atoms with Gasteiger partial charge in [0, 0.05) is 18.0 Å². The largest absolute Gasteiger partial charge is 0.236 e. The van der Waals surface area contributed by atoms with Gasteiger partial charge in [-0.25, -0.2) is 16.8 Å². The Kier molecular flexibility index (Phi) is 5.60. The van der Waals surface area contributed by atoms with Crippen LogP contribution in [0.5, 0.6) is 0 Å². The third kappa shape index (κ3) is 4.41. The Labute approximate surface area is 154 Å². The molecule has 0 saturated carbocycles. The predicted octanol–water partition coefficient (Wildman–Crippen LogP) is 2.93. The molecule has 1 unspecified atom stereocenters. The summed E-state index contributed by atoms with van der Waals surface area (Å²) in [4.78, 5) is 0.226. The van der Waals surface area contributed by atoms with Crippen LogP contribution in [0.1, 0.15) is 18.4 Å². The standard InChI is InChI=1S/C19H21NO4S2/c21-25(22,19-11-5-2-6-12-19)16-18-10-7-14-20(18)26(23,24)15-13-17-8-3-1-4-9-17/h1-6,8-9,11-13,15,18H,7,10,14,16H2/b15-13+. The van der Waals surface area contributed by atoms with Gasteiger partial charge in [0.15, 0.2) is 9.84 Å². The third-order valence-corrected chi connectivity index (χ3v) is 7.82. The predicted molar refractivity (Wildman–Crippen MR) is 103 cm³/mol. The minimum atomic E-state index is -3.67. The summed E-state index contributed by atoms with van der Waals surface area (Å²) in [6.45, 7) is 0.344. The van der Waals surface area contributed by atoms with Gasteiger partial charge < -0.3 is 0 Å². The molecule has 138 valence electrons. The summed E-state index contributed by atoms with van der Waals surface area (Å²) in [5.74, 6) is -0.199. The van der Waals surface area contributed by atoms with E-state index in [1.807, 2.05) is 30.3 Å². The van der Waals surface area contributed by atoms with Gasteiger partial charge in [-0.05, 0) is 36.6 Å². The molecular formula is C19H21NO4S2. The molecule has 0 aromatic heterocycles. The molecule has 0 aliphatic carbocycles. The minimum Gasteiger partial charge on any atom is -0.224 e. The van der Waals surface area contributed by atoms with Crippen molar-refractivity contribution in [3.8, 4) is 0 Å². The van der Waals surface area contributed by atoms with Crippen LogP contribution in [0.3, 0.4) is 0 Å². The van der Waals surface area contributed by atoms with Crippen molar-refractivity contribution in [1.29, 1.82) is 0 Å². The summed E-state index contributed by atoms with van der Waals surface area (Å²) in [5.41, 5.74) is 0.781. The number of sulfonamides is 1. The molecule has 7 heteroatoms. The van der Waals surface area contributed by atoms with E-state index in [4.69, 9.17) is 0 Å². The monoisotopic (exact) mass is 391 g/mol. The zero-order valence-electron chi connectivity index (χ0n) is 14.2. The first kappa shape index (κ1) is 18.8. The highest BCUT2D eigenvalue weighted by Crippen LogP contribution is 2.25. The third-order valence-electron chi connectivity index (χ3n) is 4.40. The quantitative estimate of drug-likeness (QED) is 0.759. The van der Waals surface area contributed by atoms with Gasteiger partial charge in [-0.15, -0.1) is 0 Å². The number of hydrogen-bond donors (Lipinski definition) is 0. The van der Waals surface area contributed by atoms with Crippen LogP contribution in [0.2, 0.25) is 0 Å². The van der Waals surface area contributed by atoms with Crippen LogP contribution < -0.4 is 0 Å². The summed E-state index contributed by atoms with van der Waals surface area (Å²) in [6.07, 6.45) is 2.74. The highest BCUT2D eigenvalue weighted by Gasteiger charge is 2.36. The van der Waals surface area contributed by atoms with E-state index in [9.17, 15) is 16.8 Å². The number of nitrogens with zero attached hydrogens (tertiary/aromatic N) is 1. The fraction of sp³-hybridized carbons (Fsp3) is 0.263. The van der Waals surface area contributed by atoms with Crippen LogP contribution in [-0.2, 0) is 19.9 Å². The molecule has 2 aromatic rings. The Morgan fingerprint density at radius 3 is 2.19 bits per heavy atom. The van der Waals surface area contributed by atoms with E-state index >= 15 is 0 Å². The molecule has 0 amide bonds. The maximum absolute atomic E-state index is 12.7. The normalized spacial score (nSPS) is 19.2. The van der Waals surface area contributed by atoms with Crippen LogP contribution in [0.25, 0.3) is 6.08 Å². The van der Waals surface area contributed by atoms with Gasteiger partial charge in [0.05, 0.1) is 10.6 Å². The Balaban J connectivity index is 1.78. The van der Waals surface area contributed by atoms with Crippen molar-refractivity contribution in [2.45, 2.75) is 23.8 Å². The zero-order valence-corrected chi connectivity index (χ0v) is 15.9. The molecular weight excluding hydrogens is 370 g/mol. The molecule has 26 heavy (non-hydrogen) atoms. The van der Waals surface area contributed by atoms with Crippen molar-refractivity contribution in [3.63, 3.8) is 0 Å². The zero-order chi connectivity index (χ0) is 18.6. The maximum atomic E-state index is 12.7. The van der Waals surface area contributed by atoms with Gasteiger partial charge in [-0.2, -0.15) is 4.31 Å². The van der Waals surface area contributed by atoms with Gasteiger partial charge in [0.1, 0.15) is 0 Å². The van der Waals surface area contributed by atoms with Crippen LogP contribution in [-0.4, -0.2) is 39.5 Å². The van der Waals surface area contributed by atoms with E-state index in [1.54, 1.807) is 30.3 Å². The van der Waals surface area contributed by atoms with Crippen molar-refractivity contribution >= 4 is 25.9 Å². The van der Waals surface area contributed by atoms with E-state index in [1.165, 1.54) is 10.4 Å². The fourth-order valence-electron chi connectivity index (χ4n) is 3.10. The topological polar surface area (TPSA) is 71.5 Å². The lowest BCUT2D eigenvalue weighted by atomic mass is 10.2. The molecule has 1 aliphatic rings. The molecule has 1 aliphatic heterocycles. The van der Waals surface area contributed by atoms with E-state index in [0.29, 0.717) is 19.4 Å². The smallest absolute Gasteiger partial charge is 0.224 e. The molecule has 1 heterocycles. The molecule has 0 N–H and O–H groups in total. The van der Waals surface area contributed by atoms with Gasteiger partial charge in [-0.1, -0.05) is 48.5 Å². The van der Waals surface area contributed by atoms with E-state index in [2.05, 4.69) is 0 Å². The lowest BCUT2D eigenvalue weighted by molar-refractivity contribution is 0.414. The van der Waals surface area contributed by atoms with E-state index in [0.717, 1.165) is 11.0 Å². The number of sulfone groups is 1. The number of rotatable bonds is 6. The first-order valence-corrected chi connectivity index (χ1v) is 11.6. The minimum absolute atomic E-state index is 0.199. The van der Waals surface area contributed by atoms with Crippen LogP contribution in [0.15, 0.2) is 71.0 Å². The summed E-state index contributed by atoms with van der Waals surface area (Å²) >= 11 is 0. The highest BCUT2D eigenvalue weighted by molar-refractivity contribution is 7.92. The highest BCUT2D eigenvalue weighted by atomic mass is 32.2. The van der Waals surface area contributed by atoms with Gasteiger partial charge in [-0.3, -0.25) is 0 Å². The van der Waals surface area contributed by atoms with Crippen LogP contribution in [0.4, 0.5) is 0 Å². The second kappa shape index (κ2) is 7.73. The van der Waals surface area contributed by atoms with Crippen molar-refractivity contribution in [3.05, 3.63) is 71.6 Å². The average molecular weight is 392 g/mol. The van der Waals surface area contributed by atoms with Gasteiger partial charge >= 0.3 is 0 Å². The summed E-state index contributed by atoms with van der Waals surface area (Å²) in [5, 5.41) is 1.16. The van der Waals surface area contributed by atoms with E-state index in [-0.39, 0.29) is 10.6 Å². The Morgan fingerprint density at radius 1 is 0.923 bits per heavy atom. The van der Waals surface area contributed by atoms with Crippen molar-refractivity contribution in [2.24, 2.45) is 0 Å². The molecule has 1 fully saturated rings. The second-order valence-electron chi connectivity index (χ2n) is 6.26. The summed E-state index contributed by atoms with van der Waals surface area (Å²) in [6, 6.07) is 16.8. The molecule has 1 atom stereocenters. The summed E-state index contributed by atoms with van der Waals surface area (Å²) in [7, 11) is -7.21. The Hall–Kier alpha value is -1.96. The van der Waals surface area contributed by atoms with Gasteiger partial charge in [0.25, 0.3) is 0 Å². The van der Waals surface area contributed by atoms with Crippen LogP contribution >= 0.6 is 0 Å². The molecule has 5 nitrogen and oxygen atoms in total. The lowest BCUT2D eigenvalue weighted by Gasteiger charge is -2.22. The molecule has 3 rings (SSSR count). The van der Waals surface area contributed by atoms with Crippen molar-refractivity contribution in [1.82, 2.24) is 4.31 Å². The number of hydrogen-bond acceptors (Lipinski definition) is 4. The van der Waals surface area contributed by atoms with Crippen molar-refractivity contribution < 1.29 is 16.8 Å². The van der Waals surface area contributed by atoms with Crippen LogP contribution in [0, 0.1) is 0 Å². The first-order chi connectivity index (χ1) is 12.4. The van der Waals surface area contributed by atoms with Crippen molar-refractivity contribution in [2.75, 3.05) is 12.3 Å². The maximum Gasteiger partial charge on any atom is 0.236 e. The van der Waals surface area contributed by atoms with E-state index < -0.39 is 25.9 Å². The average Bonchev–Trinajstić information content (AvgIpc) is 3.10. The molecule has 2 aromatic carbocycles. The Morgan fingerprint density at radius 2 is 1.54 bits per heavy atom. The first-order valence-electron chi connectivity index (χ1n) is 8.41. The lowest BCUT2D eigenvalue weighted by Crippen LogP contribution is -2.38. The Bertz CT molecular complexity index is 969. The molecule has 0 spiro atoms. The fourth-order valence-corrected chi connectivity index (χ4v) is 6.27. The second-order valence-corrected chi connectivity index (χ2v) is 10.1. The molecule has 0 radical (unpaired) electrons. The molecule has 1 saturated heterocycles. The summed E-state index contributed by atoms with van der Waals surface area (Å²) < 4.78 is 51.9. The van der Waals surface area contributed by atoms with Gasteiger partial charge in [0.2, 0.25) is 10.0 Å². The SMILES string of the molecule is O=S(=O)(CC1CCCN1S(=O)(=O)/C=C/c1ccccc1)c1ccccc1.